The molecule has 1 fully saturated rings. The lowest BCUT2D eigenvalue weighted by atomic mass is 9.92. The lowest BCUT2D eigenvalue weighted by Gasteiger charge is -2.29. The third kappa shape index (κ3) is 5.13. The van der Waals surface area contributed by atoms with Gasteiger partial charge < -0.3 is 19.7 Å². The first-order valence-electron chi connectivity index (χ1n) is 8.79. The minimum absolute atomic E-state index is 0.123. The van der Waals surface area contributed by atoms with Crippen LogP contribution >= 0.6 is 0 Å². The molecule has 1 saturated carbocycles. The van der Waals surface area contributed by atoms with Crippen LogP contribution in [-0.4, -0.2) is 35.1 Å². The summed E-state index contributed by atoms with van der Waals surface area (Å²) in [7, 11) is 0. The van der Waals surface area contributed by atoms with Gasteiger partial charge in [-0.15, -0.1) is 0 Å². The largest absolute Gasteiger partial charge is 0.393 e. The van der Waals surface area contributed by atoms with Gasteiger partial charge in [0.2, 0.25) is 0 Å². The molecule has 2 aromatic rings. The van der Waals surface area contributed by atoms with Crippen molar-refractivity contribution >= 4 is 0 Å². The zero-order chi connectivity index (χ0) is 17.5. The molecule has 2 aromatic carbocycles. The van der Waals surface area contributed by atoms with Crippen molar-refractivity contribution in [2.24, 2.45) is 5.92 Å². The highest BCUT2D eigenvalue weighted by atomic mass is 16.5. The molecule has 0 amide bonds. The van der Waals surface area contributed by atoms with Crippen LogP contribution < -0.4 is 0 Å². The number of rotatable bonds is 8. The average molecular weight is 342 g/mol. The molecule has 0 aromatic heterocycles. The van der Waals surface area contributed by atoms with Gasteiger partial charge in [-0.05, 0) is 17.5 Å². The molecule has 0 saturated heterocycles. The predicted octanol–water partition coefficient (Wildman–Crippen LogP) is 2.92. The third-order valence-electron chi connectivity index (χ3n) is 4.80. The Bertz CT molecular complexity index is 631. The summed E-state index contributed by atoms with van der Waals surface area (Å²) in [5, 5.41) is 20.9. The monoisotopic (exact) mass is 342 g/mol. The van der Waals surface area contributed by atoms with Crippen molar-refractivity contribution in [1.29, 1.82) is 0 Å². The van der Waals surface area contributed by atoms with E-state index < -0.39 is 11.7 Å². The molecule has 25 heavy (non-hydrogen) atoms. The van der Waals surface area contributed by atoms with E-state index in [-0.39, 0.29) is 12.5 Å². The molecule has 0 unspecified atom stereocenters. The minimum Gasteiger partial charge on any atom is -0.393 e. The first kappa shape index (κ1) is 18.1. The van der Waals surface area contributed by atoms with Crippen molar-refractivity contribution in [2.45, 2.75) is 37.8 Å². The van der Waals surface area contributed by atoms with E-state index in [1.807, 2.05) is 60.7 Å². The molecule has 0 bridgehead atoms. The highest BCUT2D eigenvalue weighted by molar-refractivity contribution is 5.14. The maximum Gasteiger partial charge on any atom is 0.0955 e. The Hall–Kier alpha value is -1.72. The van der Waals surface area contributed by atoms with E-state index >= 15 is 0 Å². The molecule has 0 heterocycles. The van der Waals surface area contributed by atoms with Crippen LogP contribution in [0.2, 0.25) is 0 Å². The second-order valence-electron chi connectivity index (χ2n) is 6.87. The molecule has 0 spiro atoms. The van der Waals surface area contributed by atoms with Gasteiger partial charge in [0.05, 0.1) is 38.1 Å². The number of benzene rings is 2. The van der Waals surface area contributed by atoms with Crippen LogP contribution in [-0.2, 0) is 22.7 Å². The van der Waals surface area contributed by atoms with Crippen molar-refractivity contribution in [3.8, 4) is 0 Å². The van der Waals surface area contributed by atoms with Gasteiger partial charge in [0.15, 0.2) is 0 Å². The second kappa shape index (κ2) is 8.59. The van der Waals surface area contributed by atoms with E-state index in [2.05, 4.69) is 0 Å². The molecule has 0 radical (unpaired) electrons. The summed E-state index contributed by atoms with van der Waals surface area (Å²) < 4.78 is 11.5. The van der Waals surface area contributed by atoms with E-state index in [1.165, 1.54) is 0 Å². The van der Waals surface area contributed by atoms with E-state index in [0.29, 0.717) is 32.7 Å². The smallest absolute Gasteiger partial charge is 0.0955 e. The molecule has 2 N–H and O–H groups in total. The zero-order valence-electron chi connectivity index (χ0n) is 14.4. The van der Waals surface area contributed by atoms with E-state index in [4.69, 9.17) is 9.47 Å². The van der Waals surface area contributed by atoms with Crippen LogP contribution in [0.25, 0.3) is 0 Å². The normalized spacial score (nSPS) is 26.0. The van der Waals surface area contributed by atoms with Crippen molar-refractivity contribution in [3.05, 3.63) is 71.8 Å². The van der Waals surface area contributed by atoms with Crippen molar-refractivity contribution in [2.75, 3.05) is 13.2 Å². The Labute approximate surface area is 149 Å². The molecule has 4 heteroatoms. The summed E-state index contributed by atoms with van der Waals surface area (Å²) in [6.07, 6.45) is 0.372. The van der Waals surface area contributed by atoms with Crippen molar-refractivity contribution in [3.63, 3.8) is 0 Å². The maximum absolute atomic E-state index is 10.9. The molecule has 1 aliphatic rings. The first-order valence-corrected chi connectivity index (χ1v) is 8.79. The third-order valence-corrected chi connectivity index (χ3v) is 4.80. The summed E-state index contributed by atoms with van der Waals surface area (Å²) in [4.78, 5) is 0. The molecule has 0 aliphatic heterocycles. The van der Waals surface area contributed by atoms with Crippen molar-refractivity contribution < 1.29 is 19.7 Å². The van der Waals surface area contributed by atoms with Gasteiger partial charge in [0.25, 0.3) is 0 Å². The summed E-state index contributed by atoms with van der Waals surface area (Å²) in [5.41, 5.74) is 1.14. The van der Waals surface area contributed by atoms with Crippen LogP contribution in [0.4, 0.5) is 0 Å². The summed E-state index contributed by atoms with van der Waals surface area (Å²) in [5.74, 6) is -0.123. The fourth-order valence-electron chi connectivity index (χ4n) is 3.42. The molecular formula is C21H26O4. The second-order valence-corrected chi connectivity index (χ2v) is 6.87. The molecule has 1 aliphatic carbocycles. The molecular weight excluding hydrogens is 316 g/mol. The van der Waals surface area contributed by atoms with Gasteiger partial charge in [-0.2, -0.15) is 0 Å². The molecule has 134 valence electrons. The van der Waals surface area contributed by atoms with Crippen LogP contribution in [0.3, 0.4) is 0 Å². The molecule has 3 rings (SSSR count). The SMILES string of the molecule is O[C@@H]1C[C@H](COCc2ccccc2)[C@@](O)(COCc2ccccc2)C1. The molecule has 4 nitrogen and oxygen atoms in total. The Kier molecular flexibility index (Phi) is 6.21. The van der Waals surface area contributed by atoms with E-state index in [1.54, 1.807) is 0 Å². The quantitative estimate of drug-likeness (QED) is 0.774. The van der Waals surface area contributed by atoms with Crippen LogP contribution in [0.1, 0.15) is 24.0 Å². The zero-order valence-corrected chi connectivity index (χ0v) is 14.4. The van der Waals surface area contributed by atoms with Crippen LogP contribution in [0.15, 0.2) is 60.7 Å². The lowest BCUT2D eigenvalue weighted by Crippen LogP contribution is -2.40. The van der Waals surface area contributed by atoms with Gasteiger partial charge in [0.1, 0.15) is 0 Å². The van der Waals surface area contributed by atoms with Gasteiger partial charge >= 0.3 is 0 Å². The van der Waals surface area contributed by atoms with E-state index in [9.17, 15) is 10.2 Å². The number of hydrogen-bond donors (Lipinski definition) is 2. The standard InChI is InChI=1S/C21H26O4/c22-20-11-19(15-24-13-17-7-3-1-4-8-17)21(23,12-20)16-25-14-18-9-5-2-6-10-18/h1-10,19-20,22-23H,11-16H2/t19-,20-,21+/m1/s1. The minimum atomic E-state index is -1.04. The number of hydrogen-bond acceptors (Lipinski definition) is 4. The Morgan fingerprint density at radius 3 is 2.04 bits per heavy atom. The number of aliphatic hydroxyl groups is 2. The van der Waals surface area contributed by atoms with Gasteiger partial charge in [-0.25, -0.2) is 0 Å². The Balaban J connectivity index is 1.49. The van der Waals surface area contributed by atoms with E-state index in [0.717, 1.165) is 11.1 Å². The van der Waals surface area contributed by atoms with Crippen LogP contribution in [0, 0.1) is 5.92 Å². The van der Waals surface area contributed by atoms with Gasteiger partial charge in [-0.3, -0.25) is 0 Å². The summed E-state index contributed by atoms with van der Waals surface area (Å²) >= 11 is 0. The summed E-state index contributed by atoms with van der Waals surface area (Å²) in [6.45, 7) is 1.58. The molecule has 3 atom stereocenters. The highest BCUT2D eigenvalue weighted by Crippen LogP contribution is 2.36. The fraction of sp³-hybridized carbons (Fsp3) is 0.429. The lowest BCUT2D eigenvalue weighted by molar-refractivity contribution is -0.0963. The Morgan fingerprint density at radius 2 is 1.44 bits per heavy atom. The van der Waals surface area contributed by atoms with Gasteiger partial charge in [0, 0.05) is 12.3 Å². The van der Waals surface area contributed by atoms with Gasteiger partial charge in [-0.1, -0.05) is 60.7 Å². The summed E-state index contributed by atoms with van der Waals surface area (Å²) in [6, 6.07) is 19.8. The highest BCUT2D eigenvalue weighted by Gasteiger charge is 2.45. The number of ether oxygens (including phenoxy) is 2. The van der Waals surface area contributed by atoms with Crippen LogP contribution in [0.5, 0.6) is 0 Å². The van der Waals surface area contributed by atoms with Crippen molar-refractivity contribution in [1.82, 2.24) is 0 Å². The Morgan fingerprint density at radius 1 is 0.880 bits per heavy atom. The fourth-order valence-corrected chi connectivity index (χ4v) is 3.42. The topological polar surface area (TPSA) is 58.9 Å². The predicted molar refractivity (Wildman–Crippen MR) is 95.9 cm³/mol. The number of aliphatic hydroxyl groups excluding tert-OH is 1. The first-order chi connectivity index (χ1) is 12.2. The maximum atomic E-state index is 10.9. The average Bonchev–Trinajstić information content (AvgIpc) is 2.90.